The van der Waals surface area contributed by atoms with Crippen LogP contribution in [0.4, 0.5) is 4.39 Å². The van der Waals surface area contributed by atoms with Gasteiger partial charge in [0, 0.05) is 0 Å². The second-order valence-electron chi connectivity index (χ2n) is 3.18. The van der Waals surface area contributed by atoms with Crippen molar-refractivity contribution >= 4 is 0 Å². The van der Waals surface area contributed by atoms with Gasteiger partial charge >= 0.3 is 0 Å². The topological polar surface area (TPSA) is 0 Å². The van der Waals surface area contributed by atoms with Crippen molar-refractivity contribution in [1.82, 2.24) is 0 Å². The number of allylic oxidation sites excluding steroid dienone is 5. The average molecular weight is 168 g/mol. The Morgan fingerprint density at radius 3 is 2.25 bits per heavy atom. The molecule has 0 aliphatic rings. The average Bonchev–Trinajstić information content (AvgIpc) is 2.02. The van der Waals surface area contributed by atoms with Gasteiger partial charge in [-0.1, -0.05) is 26.5 Å². The van der Waals surface area contributed by atoms with Crippen molar-refractivity contribution in [2.75, 3.05) is 0 Å². The summed E-state index contributed by atoms with van der Waals surface area (Å²) in [6, 6.07) is 0. The molecular formula is C11H17F. The molecule has 0 rings (SSSR count). The first kappa shape index (κ1) is 11.2. The Labute approximate surface area is 74.5 Å². The molecule has 0 fully saturated rings. The maximum atomic E-state index is 12.7. The molecule has 0 aromatic heterocycles. The number of halogens is 1. The zero-order chi connectivity index (χ0) is 9.72. The van der Waals surface area contributed by atoms with Gasteiger partial charge < -0.3 is 0 Å². The molecule has 0 N–H and O–H groups in total. The molecule has 0 nitrogen and oxygen atoms in total. The van der Waals surface area contributed by atoms with Crippen LogP contribution in [0.3, 0.4) is 0 Å². The van der Waals surface area contributed by atoms with Crippen molar-refractivity contribution in [3.8, 4) is 0 Å². The maximum Gasteiger partial charge on any atom is 0.119 e. The molecule has 0 atom stereocenters. The van der Waals surface area contributed by atoms with E-state index in [1.807, 2.05) is 20.8 Å². The predicted molar refractivity (Wildman–Crippen MR) is 52.6 cm³/mol. The fraction of sp³-hybridized carbons (Fsp3) is 0.455. The number of rotatable bonds is 3. The highest BCUT2D eigenvalue weighted by molar-refractivity contribution is 5.32. The first-order valence-corrected chi connectivity index (χ1v) is 4.18. The fourth-order valence-electron chi connectivity index (χ4n) is 0.838. The van der Waals surface area contributed by atoms with E-state index in [9.17, 15) is 4.39 Å². The van der Waals surface area contributed by atoms with Gasteiger partial charge in [0.05, 0.1) is 0 Å². The zero-order valence-electron chi connectivity index (χ0n) is 8.32. The monoisotopic (exact) mass is 168 g/mol. The van der Waals surface area contributed by atoms with Crippen molar-refractivity contribution < 1.29 is 4.39 Å². The lowest BCUT2D eigenvalue weighted by molar-refractivity contribution is 0.662. The van der Waals surface area contributed by atoms with E-state index in [0.717, 1.165) is 11.1 Å². The Bertz CT molecular complexity index is 219. The Hall–Kier alpha value is -0.850. The number of hydrogen-bond acceptors (Lipinski definition) is 0. The minimum atomic E-state index is -0.200. The summed E-state index contributed by atoms with van der Waals surface area (Å²) in [4.78, 5) is 0. The van der Waals surface area contributed by atoms with Gasteiger partial charge in [-0.25, -0.2) is 4.39 Å². The molecule has 0 unspecified atom stereocenters. The predicted octanol–water partition coefficient (Wildman–Crippen LogP) is 4.02. The highest BCUT2D eigenvalue weighted by Gasteiger charge is 2.02. The molecule has 0 aliphatic heterocycles. The smallest absolute Gasteiger partial charge is 0.119 e. The largest absolute Gasteiger partial charge is 0.207 e. The van der Waals surface area contributed by atoms with Crippen LogP contribution in [0.25, 0.3) is 0 Å². The normalized spacial score (nSPS) is 13.8. The van der Waals surface area contributed by atoms with E-state index in [0.29, 0.717) is 5.92 Å². The van der Waals surface area contributed by atoms with E-state index in [4.69, 9.17) is 0 Å². The Morgan fingerprint density at radius 2 is 1.92 bits per heavy atom. The van der Waals surface area contributed by atoms with Crippen LogP contribution in [0, 0.1) is 5.92 Å². The Kier molecular flexibility index (Phi) is 4.57. The van der Waals surface area contributed by atoms with Crippen LogP contribution in [0.1, 0.15) is 27.7 Å². The fourth-order valence-corrected chi connectivity index (χ4v) is 0.838. The van der Waals surface area contributed by atoms with Gasteiger partial charge in [0.1, 0.15) is 5.83 Å². The molecule has 0 amide bonds. The minimum Gasteiger partial charge on any atom is -0.207 e. The van der Waals surface area contributed by atoms with Crippen LogP contribution in [-0.4, -0.2) is 0 Å². The third-order valence-electron chi connectivity index (χ3n) is 1.83. The summed E-state index contributed by atoms with van der Waals surface area (Å²) in [5.41, 5.74) is 1.91. The lowest BCUT2D eigenvalue weighted by Gasteiger charge is -2.08. The van der Waals surface area contributed by atoms with Crippen LogP contribution < -0.4 is 0 Å². The van der Waals surface area contributed by atoms with Gasteiger partial charge in [0.15, 0.2) is 0 Å². The SMILES string of the molecule is C=C(/C(C)=C\C(F)=C/C)C(C)C. The van der Waals surface area contributed by atoms with Gasteiger partial charge in [0.25, 0.3) is 0 Å². The van der Waals surface area contributed by atoms with Crippen molar-refractivity contribution in [2.24, 2.45) is 5.92 Å². The van der Waals surface area contributed by atoms with Crippen molar-refractivity contribution in [3.05, 3.63) is 35.7 Å². The van der Waals surface area contributed by atoms with Crippen molar-refractivity contribution in [1.29, 1.82) is 0 Å². The van der Waals surface area contributed by atoms with Gasteiger partial charge in [0.2, 0.25) is 0 Å². The highest BCUT2D eigenvalue weighted by atomic mass is 19.1. The van der Waals surface area contributed by atoms with E-state index < -0.39 is 0 Å². The highest BCUT2D eigenvalue weighted by Crippen LogP contribution is 2.18. The van der Waals surface area contributed by atoms with Gasteiger partial charge in [-0.3, -0.25) is 0 Å². The number of hydrogen-bond donors (Lipinski definition) is 0. The summed E-state index contributed by atoms with van der Waals surface area (Å²) in [7, 11) is 0. The summed E-state index contributed by atoms with van der Waals surface area (Å²) in [5.74, 6) is 0.181. The van der Waals surface area contributed by atoms with E-state index in [1.165, 1.54) is 12.2 Å². The molecule has 0 aliphatic carbocycles. The molecule has 0 spiro atoms. The summed E-state index contributed by atoms with van der Waals surface area (Å²) in [6.07, 6.45) is 2.96. The second-order valence-corrected chi connectivity index (χ2v) is 3.18. The van der Waals surface area contributed by atoms with Crippen LogP contribution in [0.2, 0.25) is 0 Å². The molecule has 0 aromatic carbocycles. The Morgan fingerprint density at radius 1 is 1.42 bits per heavy atom. The summed E-state index contributed by atoms with van der Waals surface area (Å²) in [6.45, 7) is 11.5. The van der Waals surface area contributed by atoms with E-state index in [1.54, 1.807) is 6.92 Å². The lowest BCUT2D eigenvalue weighted by Crippen LogP contribution is -1.93. The van der Waals surface area contributed by atoms with Gasteiger partial charge in [-0.15, -0.1) is 0 Å². The first-order valence-electron chi connectivity index (χ1n) is 4.18. The zero-order valence-corrected chi connectivity index (χ0v) is 8.32. The first-order chi connectivity index (χ1) is 5.49. The maximum absolute atomic E-state index is 12.7. The molecule has 0 saturated carbocycles. The van der Waals surface area contributed by atoms with Crippen molar-refractivity contribution in [3.63, 3.8) is 0 Å². The van der Waals surface area contributed by atoms with Crippen LogP contribution >= 0.6 is 0 Å². The molecule has 0 saturated heterocycles. The molecule has 12 heavy (non-hydrogen) atoms. The third kappa shape index (κ3) is 3.51. The van der Waals surface area contributed by atoms with Crippen LogP contribution in [-0.2, 0) is 0 Å². The second kappa shape index (κ2) is 4.91. The molecule has 0 bridgehead atoms. The van der Waals surface area contributed by atoms with Crippen LogP contribution in [0.15, 0.2) is 35.7 Å². The third-order valence-corrected chi connectivity index (χ3v) is 1.83. The Balaban J connectivity index is 4.49. The van der Waals surface area contributed by atoms with Crippen LogP contribution in [0.5, 0.6) is 0 Å². The standard InChI is InChI=1S/C11H17F/c1-6-11(12)7-9(4)10(5)8(2)3/h6-8H,5H2,1-4H3/b9-7-,11-6+. The lowest BCUT2D eigenvalue weighted by atomic mass is 9.98. The molecule has 0 heterocycles. The quantitative estimate of drug-likeness (QED) is 0.558. The van der Waals surface area contributed by atoms with Crippen molar-refractivity contribution in [2.45, 2.75) is 27.7 Å². The summed E-state index contributed by atoms with van der Waals surface area (Å²) < 4.78 is 12.7. The molecule has 0 radical (unpaired) electrons. The van der Waals surface area contributed by atoms with E-state index >= 15 is 0 Å². The van der Waals surface area contributed by atoms with E-state index in [2.05, 4.69) is 6.58 Å². The summed E-state index contributed by atoms with van der Waals surface area (Å²) >= 11 is 0. The molecule has 0 aromatic rings. The molecule has 68 valence electrons. The molecule has 1 heteroatoms. The molecular weight excluding hydrogens is 151 g/mol. The van der Waals surface area contributed by atoms with Gasteiger partial charge in [-0.2, -0.15) is 0 Å². The van der Waals surface area contributed by atoms with E-state index in [-0.39, 0.29) is 5.83 Å². The minimum absolute atomic E-state index is 0.200. The van der Waals surface area contributed by atoms with Gasteiger partial charge in [-0.05, 0) is 37.0 Å². The summed E-state index contributed by atoms with van der Waals surface area (Å²) in [5, 5.41) is 0.